The summed E-state index contributed by atoms with van der Waals surface area (Å²) in [6.45, 7) is 1.77. The first-order valence-corrected chi connectivity index (χ1v) is 6.44. The van der Waals surface area contributed by atoms with Crippen LogP contribution in [0.2, 0.25) is 0 Å². The summed E-state index contributed by atoms with van der Waals surface area (Å²) in [6, 6.07) is 8.47. The Kier molecular flexibility index (Phi) is 4.71. The number of furan rings is 1. The SMILES string of the molecule is CC(Cc1ccco1)NC(=O)C(=O)Nc1ccc(F)cc1. The van der Waals surface area contributed by atoms with Crippen LogP contribution >= 0.6 is 0 Å². The molecular formula is C15H15FN2O3. The average molecular weight is 290 g/mol. The second-order valence-corrected chi connectivity index (χ2v) is 4.62. The number of carbonyl (C=O) groups is 2. The molecule has 5 nitrogen and oxygen atoms in total. The van der Waals surface area contributed by atoms with Gasteiger partial charge in [-0.05, 0) is 43.3 Å². The van der Waals surface area contributed by atoms with Crippen molar-refractivity contribution in [2.24, 2.45) is 0 Å². The Bertz CT molecular complexity index is 608. The van der Waals surface area contributed by atoms with Gasteiger partial charge in [0.2, 0.25) is 0 Å². The van der Waals surface area contributed by atoms with Crippen LogP contribution in [0.15, 0.2) is 47.1 Å². The molecule has 1 unspecified atom stereocenters. The molecule has 0 saturated heterocycles. The van der Waals surface area contributed by atoms with Gasteiger partial charge in [-0.1, -0.05) is 0 Å². The average Bonchev–Trinajstić information content (AvgIpc) is 2.94. The molecule has 0 fully saturated rings. The molecule has 0 aliphatic carbocycles. The third kappa shape index (κ3) is 4.45. The van der Waals surface area contributed by atoms with Gasteiger partial charge in [-0.3, -0.25) is 9.59 Å². The lowest BCUT2D eigenvalue weighted by molar-refractivity contribution is -0.136. The van der Waals surface area contributed by atoms with Crippen LogP contribution in [0.25, 0.3) is 0 Å². The van der Waals surface area contributed by atoms with Gasteiger partial charge < -0.3 is 15.1 Å². The summed E-state index contributed by atoms with van der Waals surface area (Å²) in [5.41, 5.74) is 0.357. The lowest BCUT2D eigenvalue weighted by atomic mass is 10.2. The van der Waals surface area contributed by atoms with Crippen LogP contribution in [-0.4, -0.2) is 17.9 Å². The first-order valence-electron chi connectivity index (χ1n) is 6.44. The van der Waals surface area contributed by atoms with E-state index in [-0.39, 0.29) is 6.04 Å². The molecule has 0 radical (unpaired) electrons. The zero-order valence-corrected chi connectivity index (χ0v) is 11.4. The standard InChI is InChI=1S/C15H15FN2O3/c1-10(9-13-3-2-8-21-13)17-14(19)15(20)18-12-6-4-11(16)5-7-12/h2-8,10H,9H2,1H3,(H,17,19)(H,18,20). The summed E-state index contributed by atoms with van der Waals surface area (Å²) >= 11 is 0. The van der Waals surface area contributed by atoms with Gasteiger partial charge in [-0.25, -0.2) is 4.39 Å². The number of benzene rings is 1. The van der Waals surface area contributed by atoms with Crippen LogP contribution in [-0.2, 0) is 16.0 Å². The van der Waals surface area contributed by atoms with Crippen molar-refractivity contribution in [3.05, 3.63) is 54.2 Å². The van der Waals surface area contributed by atoms with Crippen LogP contribution in [0.4, 0.5) is 10.1 Å². The molecule has 2 aromatic rings. The Balaban J connectivity index is 1.84. The minimum absolute atomic E-state index is 0.248. The van der Waals surface area contributed by atoms with Gasteiger partial charge >= 0.3 is 11.8 Å². The summed E-state index contributed by atoms with van der Waals surface area (Å²) in [5, 5.41) is 4.96. The number of anilines is 1. The highest BCUT2D eigenvalue weighted by Crippen LogP contribution is 2.08. The van der Waals surface area contributed by atoms with Gasteiger partial charge in [0.15, 0.2) is 0 Å². The van der Waals surface area contributed by atoms with Crippen molar-refractivity contribution in [1.29, 1.82) is 0 Å². The predicted octanol–water partition coefficient (Wildman–Crippen LogP) is 2.10. The number of carbonyl (C=O) groups excluding carboxylic acids is 2. The molecule has 1 heterocycles. The molecule has 1 atom stereocenters. The van der Waals surface area contributed by atoms with Gasteiger partial charge in [-0.2, -0.15) is 0 Å². The smallest absolute Gasteiger partial charge is 0.313 e. The molecule has 6 heteroatoms. The van der Waals surface area contributed by atoms with Gasteiger partial charge in [-0.15, -0.1) is 0 Å². The van der Waals surface area contributed by atoms with Crippen molar-refractivity contribution < 1.29 is 18.4 Å². The van der Waals surface area contributed by atoms with Gasteiger partial charge in [0, 0.05) is 18.2 Å². The Morgan fingerprint density at radius 2 is 1.90 bits per heavy atom. The molecule has 2 N–H and O–H groups in total. The van der Waals surface area contributed by atoms with Crippen molar-refractivity contribution >= 4 is 17.5 Å². The van der Waals surface area contributed by atoms with Gasteiger partial charge in [0.1, 0.15) is 11.6 Å². The van der Waals surface area contributed by atoms with E-state index in [9.17, 15) is 14.0 Å². The second-order valence-electron chi connectivity index (χ2n) is 4.62. The fraction of sp³-hybridized carbons (Fsp3) is 0.200. The van der Waals surface area contributed by atoms with Crippen LogP contribution in [0.5, 0.6) is 0 Å². The fourth-order valence-corrected chi connectivity index (χ4v) is 1.79. The summed E-state index contributed by atoms with van der Waals surface area (Å²) < 4.78 is 17.9. The van der Waals surface area contributed by atoms with Crippen molar-refractivity contribution in [2.45, 2.75) is 19.4 Å². The first kappa shape index (κ1) is 14.8. The van der Waals surface area contributed by atoms with Crippen molar-refractivity contribution in [2.75, 3.05) is 5.32 Å². The second kappa shape index (κ2) is 6.69. The Morgan fingerprint density at radius 3 is 2.52 bits per heavy atom. The molecular weight excluding hydrogens is 275 g/mol. The van der Waals surface area contributed by atoms with E-state index in [1.807, 2.05) is 0 Å². The zero-order chi connectivity index (χ0) is 15.2. The predicted molar refractivity (Wildman–Crippen MR) is 75.0 cm³/mol. The Morgan fingerprint density at radius 1 is 1.19 bits per heavy atom. The number of hydrogen-bond donors (Lipinski definition) is 2. The maximum Gasteiger partial charge on any atom is 0.313 e. The quantitative estimate of drug-likeness (QED) is 0.847. The van der Waals surface area contributed by atoms with Crippen molar-refractivity contribution in [1.82, 2.24) is 5.32 Å². The largest absolute Gasteiger partial charge is 0.469 e. The maximum atomic E-state index is 12.7. The number of rotatable bonds is 4. The number of nitrogens with one attached hydrogen (secondary N) is 2. The van der Waals surface area contributed by atoms with E-state index in [1.54, 1.807) is 25.3 Å². The molecule has 2 amide bonds. The van der Waals surface area contributed by atoms with E-state index in [4.69, 9.17) is 4.42 Å². The lowest BCUT2D eigenvalue weighted by Gasteiger charge is -2.12. The number of hydrogen-bond acceptors (Lipinski definition) is 3. The Labute approximate surface area is 121 Å². The van der Waals surface area contributed by atoms with Crippen LogP contribution in [0.1, 0.15) is 12.7 Å². The first-order chi connectivity index (χ1) is 10.0. The van der Waals surface area contributed by atoms with Crippen LogP contribution < -0.4 is 10.6 Å². The van der Waals surface area contributed by atoms with E-state index in [0.29, 0.717) is 12.1 Å². The third-order valence-electron chi connectivity index (χ3n) is 2.77. The molecule has 0 aliphatic heterocycles. The van der Waals surface area contributed by atoms with E-state index in [0.717, 1.165) is 5.76 Å². The monoisotopic (exact) mass is 290 g/mol. The highest BCUT2D eigenvalue weighted by Gasteiger charge is 2.17. The maximum absolute atomic E-state index is 12.7. The molecule has 2 rings (SSSR count). The van der Waals surface area contributed by atoms with Crippen molar-refractivity contribution in [3.8, 4) is 0 Å². The molecule has 1 aromatic heterocycles. The molecule has 0 bridgehead atoms. The van der Waals surface area contributed by atoms with Gasteiger partial charge in [0.25, 0.3) is 0 Å². The van der Waals surface area contributed by atoms with Gasteiger partial charge in [0.05, 0.1) is 6.26 Å². The highest BCUT2D eigenvalue weighted by atomic mass is 19.1. The summed E-state index contributed by atoms with van der Waals surface area (Å²) in [6.07, 6.45) is 2.04. The minimum Gasteiger partial charge on any atom is -0.469 e. The normalized spacial score (nSPS) is 11.7. The molecule has 0 saturated carbocycles. The summed E-state index contributed by atoms with van der Waals surface area (Å²) in [4.78, 5) is 23.4. The highest BCUT2D eigenvalue weighted by molar-refractivity contribution is 6.39. The molecule has 21 heavy (non-hydrogen) atoms. The number of halogens is 1. The minimum atomic E-state index is -0.798. The van der Waals surface area contributed by atoms with E-state index in [2.05, 4.69) is 10.6 Å². The molecule has 0 spiro atoms. The zero-order valence-electron chi connectivity index (χ0n) is 11.4. The fourth-order valence-electron chi connectivity index (χ4n) is 1.79. The van der Waals surface area contributed by atoms with E-state index in [1.165, 1.54) is 24.3 Å². The lowest BCUT2D eigenvalue weighted by Crippen LogP contribution is -2.41. The van der Waals surface area contributed by atoms with Crippen molar-refractivity contribution in [3.63, 3.8) is 0 Å². The van der Waals surface area contributed by atoms with Crippen LogP contribution in [0.3, 0.4) is 0 Å². The number of amides is 2. The molecule has 110 valence electrons. The van der Waals surface area contributed by atoms with E-state index >= 15 is 0 Å². The topological polar surface area (TPSA) is 71.3 Å². The third-order valence-corrected chi connectivity index (χ3v) is 2.77. The van der Waals surface area contributed by atoms with Crippen LogP contribution in [0, 0.1) is 5.82 Å². The summed E-state index contributed by atoms with van der Waals surface area (Å²) in [5.74, 6) is -1.24. The molecule has 0 aliphatic rings. The summed E-state index contributed by atoms with van der Waals surface area (Å²) in [7, 11) is 0. The van der Waals surface area contributed by atoms with E-state index < -0.39 is 17.6 Å². The molecule has 1 aromatic carbocycles. The Hall–Kier alpha value is -2.63.